The normalized spacial score (nSPS) is 17.0. The average Bonchev–Trinajstić information content (AvgIpc) is 3.08. The Morgan fingerprint density at radius 3 is 2.67 bits per heavy atom. The second kappa shape index (κ2) is 7.30. The van der Waals surface area contributed by atoms with Gasteiger partial charge in [0, 0.05) is 6.54 Å². The van der Waals surface area contributed by atoms with Crippen molar-refractivity contribution in [1.82, 2.24) is 14.9 Å². The largest absolute Gasteiger partial charge is 0.444 e. The number of amides is 1. The van der Waals surface area contributed by atoms with E-state index >= 15 is 0 Å². The third-order valence-corrected chi connectivity index (χ3v) is 4.21. The van der Waals surface area contributed by atoms with Crippen molar-refractivity contribution in [3.8, 4) is 11.6 Å². The van der Waals surface area contributed by atoms with Crippen LogP contribution in [0, 0.1) is 0 Å². The van der Waals surface area contributed by atoms with Crippen LogP contribution in [0.25, 0.3) is 0 Å². The average molecular weight is 372 g/mol. The highest BCUT2D eigenvalue weighted by Crippen LogP contribution is 2.34. The van der Waals surface area contributed by atoms with E-state index in [-0.39, 0.29) is 23.7 Å². The van der Waals surface area contributed by atoms with E-state index in [1.54, 1.807) is 17.0 Å². The van der Waals surface area contributed by atoms with E-state index in [2.05, 4.69) is 9.97 Å². The highest BCUT2D eigenvalue weighted by atomic mass is 16.6. The van der Waals surface area contributed by atoms with Gasteiger partial charge in [-0.2, -0.15) is 0 Å². The van der Waals surface area contributed by atoms with Crippen LogP contribution in [0.15, 0.2) is 35.4 Å². The SMILES string of the molecule is CC(C)(C)OC(=O)N1CCCC1c1ccc(Oc2nc[nH]c(=O)c2N)cc1. The van der Waals surface area contributed by atoms with Gasteiger partial charge in [-0.3, -0.25) is 4.79 Å². The van der Waals surface area contributed by atoms with Crippen LogP contribution in [-0.4, -0.2) is 33.1 Å². The smallest absolute Gasteiger partial charge is 0.410 e. The number of carbonyl (C=O) groups excluding carboxylic acids is 1. The fourth-order valence-corrected chi connectivity index (χ4v) is 3.00. The number of ether oxygens (including phenoxy) is 2. The minimum atomic E-state index is -0.525. The Labute approximate surface area is 157 Å². The number of aromatic amines is 1. The maximum Gasteiger partial charge on any atom is 0.410 e. The Balaban J connectivity index is 1.73. The first-order valence-electron chi connectivity index (χ1n) is 8.85. The van der Waals surface area contributed by atoms with Crippen LogP contribution in [0.2, 0.25) is 0 Å². The monoisotopic (exact) mass is 372 g/mol. The summed E-state index contributed by atoms with van der Waals surface area (Å²) in [6.07, 6.45) is 2.74. The molecule has 1 aromatic heterocycles. The van der Waals surface area contributed by atoms with Crippen LogP contribution in [0.3, 0.4) is 0 Å². The standard InChI is InChI=1S/C19H24N4O4/c1-19(2,3)27-18(25)23-10-4-5-14(23)12-6-8-13(9-7-12)26-17-15(20)16(24)21-11-22-17/h6-9,11,14H,4-5,10,20H2,1-3H3,(H,21,22,24). The quantitative estimate of drug-likeness (QED) is 0.856. The van der Waals surface area contributed by atoms with Gasteiger partial charge >= 0.3 is 6.09 Å². The van der Waals surface area contributed by atoms with Gasteiger partial charge in [-0.25, -0.2) is 9.78 Å². The van der Waals surface area contributed by atoms with Crippen molar-refractivity contribution in [3.05, 3.63) is 46.5 Å². The van der Waals surface area contributed by atoms with Crippen LogP contribution in [0.1, 0.15) is 45.2 Å². The van der Waals surface area contributed by atoms with Crippen molar-refractivity contribution in [3.63, 3.8) is 0 Å². The summed E-state index contributed by atoms with van der Waals surface area (Å²) in [6, 6.07) is 7.29. The van der Waals surface area contributed by atoms with Gasteiger partial charge in [0.05, 0.1) is 12.4 Å². The Kier molecular flexibility index (Phi) is 5.07. The molecule has 0 radical (unpaired) electrons. The van der Waals surface area contributed by atoms with E-state index in [1.165, 1.54) is 6.33 Å². The molecule has 0 saturated carbocycles. The molecule has 3 rings (SSSR count). The number of nitrogens with two attached hydrogens (primary N) is 1. The van der Waals surface area contributed by atoms with Gasteiger partial charge in [0.25, 0.3) is 5.56 Å². The Morgan fingerprint density at radius 1 is 1.30 bits per heavy atom. The number of hydrogen-bond acceptors (Lipinski definition) is 6. The topological polar surface area (TPSA) is 111 Å². The van der Waals surface area contributed by atoms with E-state index in [9.17, 15) is 9.59 Å². The van der Waals surface area contributed by atoms with E-state index in [1.807, 2.05) is 32.9 Å². The van der Waals surface area contributed by atoms with Crippen molar-refractivity contribution >= 4 is 11.8 Å². The second-order valence-corrected chi connectivity index (χ2v) is 7.45. The number of aromatic nitrogens is 2. The molecule has 8 nitrogen and oxygen atoms in total. The van der Waals surface area contributed by atoms with Crippen LogP contribution >= 0.6 is 0 Å². The Hall–Kier alpha value is -3.03. The third-order valence-electron chi connectivity index (χ3n) is 4.21. The molecule has 1 aromatic carbocycles. The molecule has 144 valence electrons. The molecule has 0 bridgehead atoms. The molecule has 1 saturated heterocycles. The summed E-state index contributed by atoms with van der Waals surface area (Å²) in [5.41, 5.74) is 5.62. The molecule has 1 aliphatic rings. The minimum Gasteiger partial charge on any atom is -0.444 e. The molecule has 27 heavy (non-hydrogen) atoms. The van der Waals surface area contributed by atoms with E-state index < -0.39 is 11.2 Å². The van der Waals surface area contributed by atoms with E-state index in [0.29, 0.717) is 12.3 Å². The summed E-state index contributed by atoms with van der Waals surface area (Å²) < 4.78 is 11.1. The summed E-state index contributed by atoms with van der Waals surface area (Å²) in [5.74, 6) is 0.563. The lowest BCUT2D eigenvalue weighted by Crippen LogP contribution is -2.36. The Bertz CT molecular complexity index is 871. The van der Waals surface area contributed by atoms with Gasteiger partial charge in [-0.1, -0.05) is 12.1 Å². The fraction of sp³-hybridized carbons (Fsp3) is 0.421. The molecular weight excluding hydrogens is 348 g/mol. The maximum atomic E-state index is 12.4. The molecule has 8 heteroatoms. The van der Waals surface area contributed by atoms with Crippen molar-refractivity contribution in [2.24, 2.45) is 0 Å². The number of rotatable bonds is 3. The lowest BCUT2D eigenvalue weighted by Gasteiger charge is -2.28. The zero-order valence-corrected chi connectivity index (χ0v) is 15.7. The predicted octanol–water partition coefficient (Wildman–Crippen LogP) is 3.22. The molecule has 0 aliphatic carbocycles. The lowest BCUT2D eigenvalue weighted by molar-refractivity contribution is 0.0224. The van der Waals surface area contributed by atoms with Crippen molar-refractivity contribution in [2.45, 2.75) is 45.3 Å². The molecule has 0 spiro atoms. The summed E-state index contributed by atoms with van der Waals surface area (Å²) in [6.45, 7) is 6.24. The predicted molar refractivity (Wildman–Crippen MR) is 101 cm³/mol. The summed E-state index contributed by atoms with van der Waals surface area (Å²) in [7, 11) is 0. The summed E-state index contributed by atoms with van der Waals surface area (Å²) in [4.78, 5) is 32.0. The number of carbonyl (C=O) groups is 1. The number of benzene rings is 1. The van der Waals surface area contributed by atoms with Gasteiger partial charge in [-0.15, -0.1) is 0 Å². The van der Waals surface area contributed by atoms with Crippen LogP contribution < -0.4 is 16.0 Å². The van der Waals surface area contributed by atoms with Gasteiger partial charge in [0.2, 0.25) is 5.88 Å². The first kappa shape index (κ1) is 18.8. The molecule has 1 amide bonds. The molecule has 2 aromatic rings. The number of nitrogens with one attached hydrogen (secondary N) is 1. The molecular formula is C19H24N4O4. The van der Waals surface area contributed by atoms with Gasteiger partial charge in [-0.05, 0) is 51.3 Å². The van der Waals surface area contributed by atoms with Gasteiger partial charge in [0.1, 0.15) is 11.4 Å². The molecule has 1 atom stereocenters. The summed E-state index contributed by atoms with van der Waals surface area (Å²) >= 11 is 0. The third kappa shape index (κ3) is 4.39. The van der Waals surface area contributed by atoms with Crippen molar-refractivity contribution in [1.29, 1.82) is 0 Å². The zero-order chi connectivity index (χ0) is 19.6. The highest BCUT2D eigenvalue weighted by molar-refractivity contribution is 5.69. The maximum absolute atomic E-state index is 12.4. The van der Waals surface area contributed by atoms with Crippen molar-refractivity contribution in [2.75, 3.05) is 12.3 Å². The number of hydrogen-bond donors (Lipinski definition) is 2. The highest BCUT2D eigenvalue weighted by Gasteiger charge is 2.33. The van der Waals surface area contributed by atoms with E-state index in [0.717, 1.165) is 18.4 Å². The van der Waals surface area contributed by atoms with Crippen molar-refractivity contribution < 1.29 is 14.3 Å². The zero-order valence-electron chi connectivity index (χ0n) is 15.7. The first-order chi connectivity index (χ1) is 12.7. The Morgan fingerprint density at radius 2 is 2.00 bits per heavy atom. The number of nitrogens with zero attached hydrogens (tertiary/aromatic N) is 2. The molecule has 1 aliphatic heterocycles. The number of anilines is 1. The van der Waals surface area contributed by atoms with Crippen LogP contribution in [0.4, 0.5) is 10.5 Å². The lowest BCUT2D eigenvalue weighted by atomic mass is 10.0. The minimum absolute atomic E-state index is 0.0309. The number of H-pyrrole nitrogens is 1. The van der Waals surface area contributed by atoms with Gasteiger partial charge < -0.3 is 25.1 Å². The van der Waals surface area contributed by atoms with Gasteiger partial charge in [0.15, 0.2) is 5.69 Å². The molecule has 1 unspecified atom stereocenters. The fourth-order valence-electron chi connectivity index (χ4n) is 3.00. The second-order valence-electron chi connectivity index (χ2n) is 7.45. The molecule has 2 heterocycles. The number of likely N-dealkylation sites (tertiary alicyclic amines) is 1. The number of nitrogen functional groups attached to an aromatic ring is 1. The van der Waals surface area contributed by atoms with Crippen LogP contribution in [0.5, 0.6) is 11.6 Å². The molecule has 1 fully saturated rings. The first-order valence-corrected chi connectivity index (χ1v) is 8.85. The molecule has 3 N–H and O–H groups in total. The van der Waals surface area contributed by atoms with E-state index in [4.69, 9.17) is 15.2 Å². The summed E-state index contributed by atoms with van der Waals surface area (Å²) in [5, 5.41) is 0. The van der Waals surface area contributed by atoms with Crippen LogP contribution in [-0.2, 0) is 4.74 Å².